The topological polar surface area (TPSA) is 40.5 Å². The summed E-state index contributed by atoms with van der Waals surface area (Å²) >= 11 is 0. The molecule has 3 nitrogen and oxygen atoms in total. The van der Waals surface area contributed by atoms with Gasteiger partial charge in [-0.25, -0.2) is 4.39 Å². The van der Waals surface area contributed by atoms with Crippen molar-refractivity contribution in [2.24, 2.45) is 0 Å². The van der Waals surface area contributed by atoms with Gasteiger partial charge in [0.15, 0.2) is 0 Å². The highest BCUT2D eigenvalue weighted by atomic mass is 19.1. The number of aliphatic hydroxyl groups is 1. The monoisotopic (exact) mass is 251 g/mol. The molecule has 0 radical (unpaired) electrons. The van der Waals surface area contributed by atoms with Crippen LogP contribution >= 0.6 is 0 Å². The lowest BCUT2D eigenvalue weighted by molar-refractivity contribution is -0.123. The predicted molar refractivity (Wildman–Crippen MR) is 66.7 cm³/mol. The first-order valence-corrected chi connectivity index (χ1v) is 6.32. The molecule has 1 heterocycles. The molecule has 0 amide bonds. The molecule has 1 aromatic rings. The maximum absolute atomic E-state index is 13.9. The van der Waals surface area contributed by atoms with Crippen LogP contribution in [0.3, 0.4) is 0 Å². The molecule has 98 valence electrons. The van der Waals surface area contributed by atoms with Crippen LogP contribution in [0.15, 0.2) is 24.3 Å². The van der Waals surface area contributed by atoms with Gasteiger partial charge in [-0.15, -0.1) is 0 Å². The van der Waals surface area contributed by atoms with E-state index in [9.17, 15) is 14.3 Å². The minimum Gasteiger partial charge on any atom is -0.394 e. The van der Waals surface area contributed by atoms with E-state index >= 15 is 0 Å². The quantitative estimate of drug-likeness (QED) is 0.828. The van der Waals surface area contributed by atoms with Gasteiger partial charge in [0.25, 0.3) is 0 Å². The molecular weight excluding hydrogens is 233 g/mol. The van der Waals surface area contributed by atoms with Crippen molar-refractivity contribution in [2.45, 2.75) is 24.8 Å². The molecule has 0 aliphatic carbocycles. The summed E-state index contributed by atoms with van der Waals surface area (Å²) in [6.45, 7) is 1.04. The fourth-order valence-electron chi connectivity index (χ4n) is 2.64. The number of halogens is 1. The number of hydrogen-bond donors (Lipinski definition) is 1. The molecule has 1 atom stereocenters. The van der Waals surface area contributed by atoms with E-state index in [1.165, 1.54) is 6.07 Å². The number of carbonyl (C=O) groups excluding carboxylic acids is 1. The van der Waals surface area contributed by atoms with Gasteiger partial charge in [-0.1, -0.05) is 24.6 Å². The molecule has 1 saturated heterocycles. The standard InChI is InChI=1S/C14H18FNO2/c15-13-7-3-2-6-12(13)14(10-17,11-18)16-8-4-1-5-9-16/h2-3,6-7,10,18H,1,4-5,8-9,11H2/t14-/m1/s1. The summed E-state index contributed by atoms with van der Waals surface area (Å²) in [5.74, 6) is -0.441. The summed E-state index contributed by atoms with van der Waals surface area (Å²) in [6.07, 6.45) is 3.75. The number of nitrogens with zero attached hydrogens (tertiary/aromatic N) is 1. The normalized spacial score (nSPS) is 20.3. The highest BCUT2D eigenvalue weighted by Crippen LogP contribution is 2.31. The number of likely N-dealkylation sites (tertiary alicyclic amines) is 1. The molecule has 0 aromatic heterocycles. The smallest absolute Gasteiger partial charge is 0.147 e. The zero-order chi connectivity index (χ0) is 13.0. The maximum Gasteiger partial charge on any atom is 0.147 e. The van der Waals surface area contributed by atoms with Crippen LogP contribution in [0.25, 0.3) is 0 Å². The van der Waals surface area contributed by atoms with Crippen LogP contribution in [0.5, 0.6) is 0 Å². The number of hydrogen-bond acceptors (Lipinski definition) is 3. The lowest BCUT2D eigenvalue weighted by Gasteiger charge is -2.41. The first-order chi connectivity index (χ1) is 8.74. The average molecular weight is 251 g/mol. The second kappa shape index (κ2) is 5.59. The van der Waals surface area contributed by atoms with E-state index in [4.69, 9.17) is 0 Å². The van der Waals surface area contributed by atoms with E-state index in [0.29, 0.717) is 19.4 Å². The molecule has 1 aromatic carbocycles. The second-order valence-corrected chi connectivity index (χ2v) is 4.73. The average Bonchev–Trinajstić information content (AvgIpc) is 2.44. The molecular formula is C14H18FNO2. The lowest BCUT2D eigenvalue weighted by atomic mass is 9.88. The number of rotatable bonds is 4. The zero-order valence-corrected chi connectivity index (χ0v) is 10.3. The summed E-state index contributed by atoms with van der Waals surface area (Å²) in [7, 11) is 0. The maximum atomic E-state index is 13.9. The third kappa shape index (κ3) is 2.18. The van der Waals surface area contributed by atoms with Crippen molar-refractivity contribution >= 4 is 6.29 Å². The summed E-state index contributed by atoms with van der Waals surface area (Å²) in [5.41, 5.74) is -0.962. The Hall–Kier alpha value is -1.26. The van der Waals surface area contributed by atoms with Crippen molar-refractivity contribution in [3.8, 4) is 0 Å². The van der Waals surface area contributed by atoms with E-state index in [2.05, 4.69) is 0 Å². The molecule has 1 aliphatic heterocycles. The Morgan fingerprint density at radius 2 is 1.94 bits per heavy atom. The molecule has 0 bridgehead atoms. The summed E-state index contributed by atoms with van der Waals surface area (Å²) in [4.78, 5) is 13.4. The van der Waals surface area contributed by atoms with Crippen molar-refractivity contribution in [1.29, 1.82) is 0 Å². The van der Waals surface area contributed by atoms with E-state index in [-0.39, 0.29) is 5.56 Å². The zero-order valence-electron chi connectivity index (χ0n) is 10.3. The summed E-state index contributed by atoms with van der Waals surface area (Å²) in [6, 6.07) is 6.18. The SMILES string of the molecule is O=C[C@@](CO)(c1ccccc1F)N1CCCCC1. The van der Waals surface area contributed by atoms with Crippen LogP contribution in [0.2, 0.25) is 0 Å². The first kappa shape index (κ1) is 13.2. The van der Waals surface area contributed by atoms with Gasteiger partial charge in [-0.05, 0) is 32.0 Å². The highest BCUT2D eigenvalue weighted by Gasteiger charge is 2.40. The minimum atomic E-state index is -1.23. The molecule has 1 N–H and O–H groups in total. The van der Waals surface area contributed by atoms with Gasteiger partial charge >= 0.3 is 0 Å². The number of aliphatic hydroxyl groups excluding tert-OH is 1. The first-order valence-electron chi connectivity index (χ1n) is 6.32. The fourth-order valence-corrected chi connectivity index (χ4v) is 2.64. The molecule has 0 saturated carbocycles. The van der Waals surface area contributed by atoms with Crippen molar-refractivity contribution in [3.63, 3.8) is 0 Å². The summed E-state index contributed by atoms with van der Waals surface area (Å²) in [5, 5.41) is 9.67. The molecule has 0 spiro atoms. The Kier molecular flexibility index (Phi) is 4.09. The van der Waals surface area contributed by atoms with Crippen LogP contribution in [-0.4, -0.2) is 36.0 Å². The minimum absolute atomic E-state index is 0.268. The van der Waals surface area contributed by atoms with Gasteiger partial charge in [-0.3, -0.25) is 4.90 Å². The van der Waals surface area contributed by atoms with Gasteiger partial charge in [0.2, 0.25) is 0 Å². The Bertz CT molecular complexity index is 418. The third-order valence-corrected chi connectivity index (χ3v) is 3.70. The second-order valence-electron chi connectivity index (χ2n) is 4.73. The fraction of sp³-hybridized carbons (Fsp3) is 0.500. The number of carbonyl (C=O) groups is 1. The van der Waals surface area contributed by atoms with E-state index in [1.807, 2.05) is 4.90 Å². The molecule has 1 fully saturated rings. The highest BCUT2D eigenvalue weighted by molar-refractivity contribution is 5.68. The van der Waals surface area contributed by atoms with Crippen molar-refractivity contribution in [2.75, 3.05) is 19.7 Å². The van der Waals surface area contributed by atoms with Gasteiger partial charge in [0.05, 0.1) is 6.61 Å². The van der Waals surface area contributed by atoms with E-state index < -0.39 is 18.0 Å². The van der Waals surface area contributed by atoms with Crippen molar-refractivity contribution < 1.29 is 14.3 Å². The Morgan fingerprint density at radius 3 is 2.50 bits per heavy atom. The molecule has 4 heteroatoms. The van der Waals surface area contributed by atoms with Crippen LogP contribution in [-0.2, 0) is 10.3 Å². The van der Waals surface area contributed by atoms with E-state index in [0.717, 1.165) is 19.3 Å². The van der Waals surface area contributed by atoms with Gasteiger partial charge in [0, 0.05) is 5.56 Å². The van der Waals surface area contributed by atoms with Crippen LogP contribution < -0.4 is 0 Å². The largest absolute Gasteiger partial charge is 0.394 e. The molecule has 0 unspecified atom stereocenters. The molecule has 18 heavy (non-hydrogen) atoms. The van der Waals surface area contributed by atoms with Crippen LogP contribution in [0.1, 0.15) is 24.8 Å². The predicted octanol–water partition coefficient (Wildman–Crippen LogP) is 1.70. The molecule has 2 rings (SSSR count). The third-order valence-electron chi connectivity index (χ3n) is 3.70. The lowest BCUT2D eigenvalue weighted by Crippen LogP contribution is -2.52. The van der Waals surface area contributed by atoms with E-state index in [1.54, 1.807) is 18.2 Å². The van der Waals surface area contributed by atoms with Gasteiger partial charge in [-0.2, -0.15) is 0 Å². The number of aldehydes is 1. The molecule has 1 aliphatic rings. The summed E-state index contributed by atoms with van der Waals surface area (Å²) < 4.78 is 13.9. The van der Waals surface area contributed by atoms with Crippen molar-refractivity contribution in [1.82, 2.24) is 4.90 Å². The van der Waals surface area contributed by atoms with Crippen LogP contribution in [0, 0.1) is 5.82 Å². The number of piperidine rings is 1. The van der Waals surface area contributed by atoms with Gasteiger partial charge < -0.3 is 9.90 Å². The van der Waals surface area contributed by atoms with Crippen molar-refractivity contribution in [3.05, 3.63) is 35.6 Å². The Labute approximate surface area is 106 Å². The van der Waals surface area contributed by atoms with Crippen LogP contribution in [0.4, 0.5) is 4.39 Å². The number of benzene rings is 1. The Balaban J connectivity index is 2.42. The van der Waals surface area contributed by atoms with Gasteiger partial charge in [0.1, 0.15) is 17.6 Å². The Morgan fingerprint density at radius 1 is 1.28 bits per heavy atom.